The number of anilines is 2. The van der Waals surface area contributed by atoms with Crippen molar-refractivity contribution < 1.29 is 29.4 Å². The second-order valence-electron chi connectivity index (χ2n) is 7.90. The summed E-state index contributed by atoms with van der Waals surface area (Å²) in [4.78, 5) is 54.6. The average molecular weight is 548 g/mol. The number of aliphatic carboxylic acids is 1. The van der Waals surface area contributed by atoms with Crippen LogP contribution >= 0.6 is 23.2 Å². The van der Waals surface area contributed by atoms with Crippen LogP contribution in [-0.2, 0) is 16.0 Å². The molecule has 0 saturated carbocycles. The van der Waals surface area contributed by atoms with Crippen LogP contribution in [-0.4, -0.2) is 56.5 Å². The number of hydrogen-bond acceptors (Lipinski definition) is 6. The maximum Gasteiger partial charge on any atom is 0.335 e. The van der Waals surface area contributed by atoms with Gasteiger partial charge in [-0.25, -0.2) is 14.6 Å². The zero-order valence-electron chi connectivity index (χ0n) is 19.3. The van der Waals surface area contributed by atoms with Gasteiger partial charge in [-0.3, -0.25) is 9.59 Å². The van der Waals surface area contributed by atoms with Crippen LogP contribution < -0.4 is 16.0 Å². The van der Waals surface area contributed by atoms with Gasteiger partial charge in [0.1, 0.15) is 6.04 Å². The van der Waals surface area contributed by atoms with E-state index in [0.717, 1.165) is 12.1 Å². The van der Waals surface area contributed by atoms with Crippen LogP contribution in [0.2, 0.25) is 10.0 Å². The predicted octanol–water partition coefficient (Wildman–Crippen LogP) is 3.67. The van der Waals surface area contributed by atoms with E-state index in [9.17, 15) is 24.3 Å². The molecule has 194 valence electrons. The van der Waals surface area contributed by atoms with E-state index in [1.807, 2.05) is 0 Å². The minimum absolute atomic E-state index is 0.0593. The molecule has 1 atom stereocenters. The van der Waals surface area contributed by atoms with E-state index in [4.69, 9.17) is 28.3 Å². The molecular weight excluding hydrogens is 525 g/mol. The van der Waals surface area contributed by atoms with Gasteiger partial charge in [0.2, 0.25) is 5.91 Å². The van der Waals surface area contributed by atoms with Crippen molar-refractivity contribution in [1.29, 1.82) is 0 Å². The monoisotopic (exact) mass is 547 g/mol. The van der Waals surface area contributed by atoms with Crippen LogP contribution in [0.1, 0.15) is 39.1 Å². The lowest BCUT2D eigenvalue weighted by Gasteiger charge is -2.16. The van der Waals surface area contributed by atoms with Crippen molar-refractivity contribution in [3.63, 3.8) is 0 Å². The number of hydrogen-bond donors (Lipinski definition) is 6. The molecule has 6 N–H and O–H groups in total. The first-order valence-electron chi connectivity index (χ1n) is 11.0. The molecule has 13 heteroatoms. The molecular formula is C24H23Cl2N5O6. The standard InChI is InChI=1S/C24H23Cl2N5O6/c25-16-11-14(22(34)35)12-17(26)20(16)21(33)31-18(23(36)37)10-13-3-5-15(6-4-13)30-19(32)2-1-7-27-24-28-8-9-29-24/h3-6,8-9,11-12,18H,1-2,7,10H2,(H,30,32)(H,31,33)(H,34,35)(H,36,37)(H2,27,28,29)/t18-/m0/s1. The second-order valence-corrected chi connectivity index (χ2v) is 8.72. The van der Waals surface area contributed by atoms with Gasteiger partial charge in [0, 0.05) is 37.5 Å². The number of rotatable bonds is 12. The Hall–Kier alpha value is -4.09. The van der Waals surface area contributed by atoms with Gasteiger partial charge < -0.3 is 31.1 Å². The van der Waals surface area contributed by atoms with Crippen molar-refractivity contribution in [2.45, 2.75) is 25.3 Å². The Bertz CT molecular complexity index is 1260. The minimum Gasteiger partial charge on any atom is -0.480 e. The Balaban J connectivity index is 1.54. The first kappa shape index (κ1) is 27.5. The molecule has 1 aromatic heterocycles. The molecule has 0 radical (unpaired) electrons. The molecule has 0 unspecified atom stereocenters. The summed E-state index contributed by atoms with van der Waals surface area (Å²) in [5.74, 6) is -2.96. The number of aromatic carboxylic acids is 1. The summed E-state index contributed by atoms with van der Waals surface area (Å²) in [5, 5.41) is 26.4. The van der Waals surface area contributed by atoms with Gasteiger partial charge in [0.15, 0.2) is 5.95 Å². The molecule has 0 fully saturated rings. The van der Waals surface area contributed by atoms with Crippen LogP contribution in [0.3, 0.4) is 0 Å². The lowest BCUT2D eigenvalue weighted by atomic mass is 10.0. The normalized spacial score (nSPS) is 11.4. The molecule has 0 aliphatic rings. The SMILES string of the molecule is O=C(CCCNc1ncc[nH]1)Nc1ccc(C[C@H](NC(=O)c2c(Cl)cc(C(=O)O)cc2Cl)C(=O)O)cc1. The maximum atomic E-state index is 12.7. The molecule has 11 nitrogen and oxygen atoms in total. The largest absolute Gasteiger partial charge is 0.480 e. The zero-order valence-corrected chi connectivity index (χ0v) is 20.8. The fourth-order valence-electron chi connectivity index (χ4n) is 3.35. The molecule has 0 saturated heterocycles. The molecule has 2 aromatic carbocycles. The highest BCUT2D eigenvalue weighted by atomic mass is 35.5. The van der Waals surface area contributed by atoms with Gasteiger partial charge >= 0.3 is 11.9 Å². The molecule has 0 aliphatic heterocycles. The Morgan fingerprint density at radius 1 is 1.03 bits per heavy atom. The maximum absolute atomic E-state index is 12.7. The molecule has 37 heavy (non-hydrogen) atoms. The van der Waals surface area contributed by atoms with Crippen LogP contribution in [0.5, 0.6) is 0 Å². The van der Waals surface area contributed by atoms with Crippen molar-refractivity contribution in [3.05, 3.63) is 75.5 Å². The lowest BCUT2D eigenvalue weighted by Crippen LogP contribution is -2.42. The molecule has 0 spiro atoms. The van der Waals surface area contributed by atoms with E-state index in [2.05, 4.69) is 25.9 Å². The van der Waals surface area contributed by atoms with Gasteiger partial charge in [-0.15, -0.1) is 0 Å². The Morgan fingerprint density at radius 2 is 1.70 bits per heavy atom. The van der Waals surface area contributed by atoms with E-state index in [1.54, 1.807) is 36.7 Å². The highest BCUT2D eigenvalue weighted by molar-refractivity contribution is 6.40. The first-order valence-corrected chi connectivity index (χ1v) is 11.8. The van der Waals surface area contributed by atoms with E-state index in [0.29, 0.717) is 36.6 Å². The quantitative estimate of drug-likeness (QED) is 0.186. The Labute approximate surface area is 221 Å². The van der Waals surface area contributed by atoms with Crippen LogP contribution in [0.25, 0.3) is 0 Å². The number of amides is 2. The molecule has 3 aromatic rings. The number of aromatic nitrogens is 2. The molecule has 1 heterocycles. The third kappa shape index (κ3) is 7.95. The number of nitrogens with one attached hydrogen (secondary N) is 4. The number of imidazole rings is 1. The van der Waals surface area contributed by atoms with Gasteiger partial charge in [-0.2, -0.15) is 0 Å². The number of carboxylic acid groups (broad SMARTS) is 2. The summed E-state index contributed by atoms with van der Waals surface area (Å²) in [6.07, 6.45) is 4.14. The number of carboxylic acids is 2. The fourth-order valence-corrected chi connectivity index (χ4v) is 4.00. The van der Waals surface area contributed by atoms with Crippen molar-refractivity contribution in [1.82, 2.24) is 15.3 Å². The first-order chi connectivity index (χ1) is 17.6. The average Bonchev–Trinajstić information content (AvgIpc) is 3.35. The second kappa shape index (κ2) is 12.7. The third-order valence-corrected chi connectivity index (χ3v) is 5.76. The number of carbonyl (C=O) groups is 4. The highest BCUT2D eigenvalue weighted by Crippen LogP contribution is 2.27. The predicted molar refractivity (Wildman–Crippen MR) is 137 cm³/mol. The Morgan fingerprint density at radius 3 is 2.27 bits per heavy atom. The highest BCUT2D eigenvalue weighted by Gasteiger charge is 2.25. The number of halogens is 2. The van der Waals surface area contributed by atoms with E-state index >= 15 is 0 Å². The van der Waals surface area contributed by atoms with E-state index in [-0.39, 0.29) is 33.5 Å². The minimum atomic E-state index is -1.32. The summed E-state index contributed by atoms with van der Waals surface area (Å²) in [6.45, 7) is 0.572. The Kier molecular flexibility index (Phi) is 9.47. The van der Waals surface area contributed by atoms with E-state index in [1.165, 1.54) is 0 Å². The number of benzene rings is 2. The van der Waals surface area contributed by atoms with Crippen molar-refractivity contribution in [2.75, 3.05) is 17.2 Å². The molecule has 0 aliphatic carbocycles. The topological polar surface area (TPSA) is 174 Å². The van der Waals surface area contributed by atoms with Gasteiger partial charge in [0.25, 0.3) is 5.91 Å². The number of nitrogens with zero attached hydrogens (tertiary/aromatic N) is 1. The summed E-state index contributed by atoms with van der Waals surface area (Å²) in [5.41, 5.74) is 0.698. The van der Waals surface area contributed by atoms with E-state index < -0.39 is 23.9 Å². The number of aromatic amines is 1. The van der Waals surface area contributed by atoms with Gasteiger partial charge in [0.05, 0.1) is 21.2 Å². The molecule has 3 rings (SSSR count). The fraction of sp³-hybridized carbons (Fsp3) is 0.208. The number of H-pyrrole nitrogens is 1. The lowest BCUT2D eigenvalue weighted by molar-refractivity contribution is -0.139. The van der Waals surface area contributed by atoms with Gasteiger partial charge in [-0.05, 0) is 36.2 Å². The smallest absolute Gasteiger partial charge is 0.335 e. The summed E-state index contributed by atoms with van der Waals surface area (Å²) >= 11 is 12.0. The summed E-state index contributed by atoms with van der Waals surface area (Å²) < 4.78 is 0. The zero-order chi connectivity index (χ0) is 26.9. The van der Waals surface area contributed by atoms with Gasteiger partial charge in [-0.1, -0.05) is 35.3 Å². The van der Waals surface area contributed by atoms with Crippen molar-refractivity contribution in [3.8, 4) is 0 Å². The summed E-state index contributed by atoms with van der Waals surface area (Å²) in [7, 11) is 0. The molecule has 2 amide bonds. The third-order valence-electron chi connectivity index (χ3n) is 5.17. The van der Waals surface area contributed by atoms with Crippen LogP contribution in [0, 0.1) is 0 Å². The van der Waals surface area contributed by atoms with Crippen LogP contribution in [0.15, 0.2) is 48.8 Å². The van der Waals surface area contributed by atoms with Crippen molar-refractivity contribution >= 4 is 58.6 Å². The molecule has 0 bridgehead atoms. The number of carbonyl (C=O) groups excluding carboxylic acids is 2. The van der Waals surface area contributed by atoms with Crippen molar-refractivity contribution in [2.24, 2.45) is 0 Å². The summed E-state index contributed by atoms with van der Waals surface area (Å²) in [6, 6.07) is 7.34. The van der Waals surface area contributed by atoms with Crippen LogP contribution in [0.4, 0.5) is 11.6 Å².